The molecular weight excluding hydrogens is 160 g/mol. The van der Waals surface area contributed by atoms with Crippen LogP contribution in [0.3, 0.4) is 0 Å². The smallest absolute Gasteiger partial charge is 0.0495 e. The van der Waals surface area contributed by atoms with Crippen molar-refractivity contribution in [2.45, 2.75) is 32.3 Å². The summed E-state index contributed by atoms with van der Waals surface area (Å²) in [7, 11) is 0. The number of hydrogen-bond donors (Lipinski definition) is 1. The zero-order valence-corrected chi connectivity index (χ0v) is 9.01. The minimum absolute atomic E-state index is 0.516. The Kier molecular flexibility index (Phi) is 5.74. The predicted octanol–water partition coefficient (Wildman–Crippen LogP) is 3.29. The number of thioether (sulfide) groups is 1. The van der Waals surface area contributed by atoms with E-state index in [1.165, 1.54) is 5.75 Å². The average molecular weight is 178 g/mol. The molecule has 0 amide bonds. The molecule has 0 fully saturated rings. The van der Waals surface area contributed by atoms with E-state index in [0.717, 1.165) is 5.92 Å². The van der Waals surface area contributed by atoms with Crippen molar-refractivity contribution in [1.82, 2.24) is 0 Å². The van der Waals surface area contributed by atoms with Crippen LogP contribution in [0.2, 0.25) is 0 Å². The summed E-state index contributed by atoms with van der Waals surface area (Å²) in [6.45, 7) is 8.91. The molecule has 10 heavy (non-hydrogen) atoms. The predicted molar refractivity (Wildman–Crippen MR) is 54.9 cm³/mol. The normalized spacial score (nSPS) is 14.7. The summed E-state index contributed by atoms with van der Waals surface area (Å²) in [5.74, 6) is 2.71. The van der Waals surface area contributed by atoms with Crippen molar-refractivity contribution in [3.8, 4) is 0 Å². The topological polar surface area (TPSA) is 0 Å². The first-order valence-electron chi connectivity index (χ1n) is 3.83. The Bertz CT molecular complexity index is 79.3. The summed E-state index contributed by atoms with van der Waals surface area (Å²) in [5.41, 5.74) is 0. The molecule has 0 aliphatic carbocycles. The largest absolute Gasteiger partial charge is 0.165 e. The van der Waals surface area contributed by atoms with Crippen LogP contribution in [-0.2, 0) is 0 Å². The van der Waals surface area contributed by atoms with Gasteiger partial charge in [0, 0.05) is 4.58 Å². The molecule has 0 aliphatic heterocycles. The minimum Gasteiger partial charge on any atom is -0.165 e. The van der Waals surface area contributed by atoms with Crippen LogP contribution >= 0.6 is 24.4 Å². The molecule has 0 heterocycles. The summed E-state index contributed by atoms with van der Waals surface area (Å²) in [5, 5.41) is 0. The second-order valence-electron chi connectivity index (χ2n) is 3.36. The van der Waals surface area contributed by atoms with E-state index in [2.05, 4.69) is 40.3 Å². The van der Waals surface area contributed by atoms with Gasteiger partial charge in [-0.25, -0.2) is 0 Å². The van der Waals surface area contributed by atoms with Gasteiger partial charge in [-0.3, -0.25) is 0 Å². The highest BCUT2D eigenvalue weighted by Gasteiger charge is 2.08. The van der Waals surface area contributed by atoms with E-state index in [9.17, 15) is 0 Å². The third-order valence-corrected chi connectivity index (χ3v) is 3.96. The molecule has 1 unspecified atom stereocenters. The summed E-state index contributed by atoms with van der Waals surface area (Å²) in [4.78, 5) is 0. The van der Waals surface area contributed by atoms with Gasteiger partial charge in [0.15, 0.2) is 0 Å². The van der Waals surface area contributed by atoms with Crippen molar-refractivity contribution < 1.29 is 0 Å². The molecule has 0 saturated heterocycles. The molecule has 0 aromatic rings. The maximum Gasteiger partial charge on any atom is 0.0495 e. The molecule has 0 bridgehead atoms. The molecule has 62 valence electrons. The fraction of sp³-hybridized carbons (Fsp3) is 1.00. The van der Waals surface area contributed by atoms with E-state index >= 15 is 0 Å². The number of thiol groups is 1. The summed E-state index contributed by atoms with van der Waals surface area (Å²) >= 11 is 6.42. The Labute approximate surface area is 74.6 Å². The van der Waals surface area contributed by atoms with E-state index < -0.39 is 0 Å². The lowest BCUT2D eigenvalue weighted by Crippen LogP contribution is -2.05. The van der Waals surface area contributed by atoms with Gasteiger partial charge in [-0.15, -0.1) is 11.8 Å². The fourth-order valence-corrected chi connectivity index (χ4v) is 1.71. The van der Waals surface area contributed by atoms with E-state index in [1.807, 2.05) is 11.8 Å². The van der Waals surface area contributed by atoms with E-state index in [-0.39, 0.29) is 0 Å². The Balaban J connectivity index is 3.30. The van der Waals surface area contributed by atoms with Gasteiger partial charge in [0.25, 0.3) is 0 Å². The Hall–Kier alpha value is 0.700. The van der Waals surface area contributed by atoms with Crippen molar-refractivity contribution >= 4 is 24.4 Å². The van der Waals surface area contributed by atoms with Crippen LogP contribution < -0.4 is 0 Å². The number of rotatable bonds is 4. The second-order valence-corrected chi connectivity index (χ2v) is 5.44. The molecule has 0 aromatic carbocycles. The maximum atomic E-state index is 4.46. The second kappa shape index (κ2) is 5.36. The average Bonchev–Trinajstić information content (AvgIpc) is 1.82. The molecule has 1 atom stereocenters. The Morgan fingerprint density at radius 2 is 1.70 bits per heavy atom. The zero-order valence-electron chi connectivity index (χ0n) is 7.29. The van der Waals surface area contributed by atoms with Crippen LogP contribution in [0.4, 0.5) is 0 Å². The van der Waals surface area contributed by atoms with Crippen molar-refractivity contribution in [3.63, 3.8) is 0 Å². The first kappa shape index (κ1) is 10.7. The highest BCUT2D eigenvalue weighted by atomic mass is 32.2. The van der Waals surface area contributed by atoms with Crippen LogP contribution in [0, 0.1) is 11.8 Å². The van der Waals surface area contributed by atoms with Crippen molar-refractivity contribution in [1.29, 1.82) is 0 Å². The van der Waals surface area contributed by atoms with Crippen LogP contribution in [0.5, 0.6) is 0 Å². The van der Waals surface area contributed by atoms with E-state index in [0.29, 0.717) is 10.5 Å². The van der Waals surface area contributed by atoms with Gasteiger partial charge in [-0.2, -0.15) is 12.6 Å². The van der Waals surface area contributed by atoms with Crippen molar-refractivity contribution in [2.75, 3.05) is 5.75 Å². The summed E-state index contributed by atoms with van der Waals surface area (Å²) in [6.07, 6.45) is 0. The first-order valence-corrected chi connectivity index (χ1v) is 5.40. The van der Waals surface area contributed by atoms with Gasteiger partial charge in [-0.05, 0) is 17.6 Å². The lowest BCUT2D eigenvalue weighted by Gasteiger charge is -2.14. The Morgan fingerprint density at radius 3 is 2.00 bits per heavy atom. The highest BCUT2D eigenvalue weighted by Crippen LogP contribution is 2.24. The third kappa shape index (κ3) is 5.48. The van der Waals surface area contributed by atoms with Crippen LogP contribution in [-0.4, -0.2) is 10.3 Å². The molecule has 0 rings (SSSR count). The maximum absolute atomic E-state index is 4.46. The van der Waals surface area contributed by atoms with Gasteiger partial charge in [0.1, 0.15) is 0 Å². The zero-order chi connectivity index (χ0) is 8.15. The molecule has 0 N–H and O–H groups in total. The van der Waals surface area contributed by atoms with Gasteiger partial charge < -0.3 is 0 Å². The van der Waals surface area contributed by atoms with Crippen LogP contribution in [0.25, 0.3) is 0 Å². The molecule has 2 heteroatoms. The molecule has 0 saturated carbocycles. The van der Waals surface area contributed by atoms with E-state index in [1.54, 1.807) is 0 Å². The lowest BCUT2D eigenvalue weighted by molar-refractivity contribution is 0.711. The van der Waals surface area contributed by atoms with Gasteiger partial charge in [-0.1, -0.05) is 27.7 Å². The third-order valence-electron chi connectivity index (χ3n) is 1.17. The fourth-order valence-electron chi connectivity index (χ4n) is 0.483. The SMILES string of the molecule is CC(C)CSC(S)C(C)C. The molecule has 0 nitrogen and oxygen atoms in total. The van der Waals surface area contributed by atoms with Crippen molar-refractivity contribution in [3.05, 3.63) is 0 Å². The van der Waals surface area contributed by atoms with E-state index in [4.69, 9.17) is 0 Å². The van der Waals surface area contributed by atoms with Crippen LogP contribution in [0.1, 0.15) is 27.7 Å². The molecule has 0 spiro atoms. The molecule has 0 aromatic heterocycles. The van der Waals surface area contributed by atoms with Crippen molar-refractivity contribution in [2.24, 2.45) is 11.8 Å². The first-order chi connectivity index (χ1) is 4.54. The highest BCUT2D eigenvalue weighted by molar-refractivity contribution is 8.10. The van der Waals surface area contributed by atoms with Gasteiger partial charge in [0.05, 0.1) is 0 Å². The Morgan fingerprint density at radius 1 is 1.20 bits per heavy atom. The quantitative estimate of drug-likeness (QED) is 0.509. The number of hydrogen-bond acceptors (Lipinski definition) is 2. The molecular formula is C8H18S2. The summed E-state index contributed by atoms with van der Waals surface area (Å²) in [6, 6.07) is 0. The lowest BCUT2D eigenvalue weighted by atomic mass is 10.3. The molecule has 0 radical (unpaired) electrons. The van der Waals surface area contributed by atoms with Gasteiger partial charge >= 0.3 is 0 Å². The minimum atomic E-state index is 0.516. The van der Waals surface area contributed by atoms with Crippen LogP contribution in [0.15, 0.2) is 0 Å². The monoisotopic (exact) mass is 178 g/mol. The van der Waals surface area contributed by atoms with Gasteiger partial charge in [0.2, 0.25) is 0 Å². The standard InChI is InChI=1S/C8H18S2/c1-6(2)5-10-8(9)7(3)4/h6-9H,5H2,1-4H3. The molecule has 0 aliphatic rings. The summed E-state index contributed by atoms with van der Waals surface area (Å²) < 4.78 is 0.516.